The lowest BCUT2D eigenvalue weighted by atomic mass is 10.2. The second-order valence-electron chi connectivity index (χ2n) is 4.65. The van der Waals surface area contributed by atoms with E-state index in [2.05, 4.69) is 0 Å². The van der Waals surface area contributed by atoms with Crippen LogP contribution < -0.4 is 9.46 Å². The largest absolute Gasteiger partial charge is 0.489 e. The molecule has 0 unspecified atom stereocenters. The summed E-state index contributed by atoms with van der Waals surface area (Å²) in [7, 11) is -3.58. The number of carbonyl (C=O) groups excluding carboxylic acids is 1. The summed E-state index contributed by atoms with van der Waals surface area (Å²) >= 11 is 5.89. The molecular formula is C15H14ClNO4S. The minimum atomic E-state index is -3.58. The fourth-order valence-electron chi connectivity index (χ4n) is 1.72. The molecule has 5 nitrogen and oxygen atoms in total. The van der Waals surface area contributed by atoms with Gasteiger partial charge in [0, 0.05) is 10.6 Å². The monoisotopic (exact) mass is 339 g/mol. The van der Waals surface area contributed by atoms with Crippen LogP contribution in [0.15, 0.2) is 48.5 Å². The Balaban J connectivity index is 1.99. The van der Waals surface area contributed by atoms with Gasteiger partial charge in [-0.3, -0.25) is 4.79 Å². The van der Waals surface area contributed by atoms with Crippen LogP contribution in [0, 0.1) is 0 Å². The van der Waals surface area contributed by atoms with E-state index in [1.807, 2.05) is 16.9 Å². The third-order valence-corrected chi connectivity index (χ3v) is 3.48. The van der Waals surface area contributed by atoms with E-state index in [-0.39, 0.29) is 5.56 Å². The fraction of sp³-hybridized carbons (Fsp3) is 0.133. The SMILES string of the molecule is CS(=O)(=O)NC(=O)c1ccc(OCc2cccc(Cl)c2)cc1. The molecule has 0 bridgehead atoms. The zero-order valence-corrected chi connectivity index (χ0v) is 13.3. The third-order valence-electron chi connectivity index (χ3n) is 2.69. The standard InChI is InChI=1S/C15H14ClNO4S/c1-22(19,20)17-15(18)12-5-7-14(8-6-12)21-10-11-3-2-4-13(16)9-11/h2-9H,10H2,1H3,(H,17,18). The van der Waals surface area contributed by atoms with Gasteiger partial charge in [0.2, 0.25) is 10.0 Å². The topological polar surface area (TPSA) is 72.5 Å². The van der Waals surface area contributed by atoms with E-state index in [1.54, 1.807) is 24.3 Å². The second-order valence-corrected chi connectivity index (χ2v) is 6.83. The molecule has 0 spiro atoms. The van der Waals surface area contributed by atoms with Crippen molar-refractivity contribution in [3.05, 3.63) is 64.7 Å². The lowest BCUT2D eigenvalue weighted by Gasteiger charge is -2.08. The Kier molecular flexibility index (Phi) is 5.05. The molecule has 116 valence electrons. The summed E-state index contributed by atoms with van der Waals surface area (Å²) in [4.78, 5) is 11.6. The van der Waals surface area contributed by atoms with Crippen LogP contribution in [0.3, 0.4) is 0 Å². The Bertz CT molecular complexity index is 772. The summed E-state index contributed by atoms with van der Waals surface area (Å²) in [6.07, 6.45) is 0.924. The molecular weight excluding hydrogens is 326 g/mol. The highest BCUT2D eigenvalue weighted by atomic mass is 35.5. The van der Waals surface area contributed by atoms with Gasteiger partial charge in [0.25, 0.3) is 5.91 Å². The lowest BCUT2D eigenvalue weighted by Crippen LogP contribution is -2.29. The molecule has 2 aromatic carbocycles. The van der Waals surface area contributed by atoms with Crippen molar-refractivity contribution in [3.8, 4) is 5.75 Å². The van der Waals surface area contributed by atoms with E-state index in [0.29, 0.717) is 17.4 Å². The van der Waals surface area contributed by atoms with Crippen molar-refractivity contribution in [2.45, 2.75) is 6.61 Å². The number of hydrogen-bond acceptors (Lipinski definition) is 4. The maximum absolute atomic E-state index is 11.6. The summed E-state index contributed by atoms with van der Waals surface area (Å²) in [6, 6.07) is 13.5. The van der Waals surface area contributed by atoms with Gasteiger partial charge in [-0.15, -0.1) is 0 Å². The minimum absolute atomic E-state index is 0.237. The molecule has 22 heavy (non-hydrogen) atoms. The molecule has 2 aromatic rings. The molecule has 0 aliphatic heterocycles. The number of amides is 1. The van der Waals surface area contributed by atoms with Gasteiger partial charge in [-0.1, -0.05) is 23.7 Å². The first-order valence-corrected chi connectivity index (χ1v) is 8.60. The molecule has 0 radical (unpaired) electrons. The molecule has 0 saturated carbocycles. The number of ether oxygens (including phenoxy) is 1. The zero-order valence-electron chi connectivity index (χ0n) is 11.7. The van der Waals surface area contributed by atoms with Gasteiger partial charge < -0.3 is 4.74 Å². The smallest absolute Gasteiger partial charge is 0.264 e. The number of halogens is 1. The molecule has 0 saturated heterocycles. The number of benzene rings is 2. The predicted octanol–water partition coefficient (Wildman–Crippen LogP) is 2.61. The number of nitrogens with one attached hydrogen (secondary N) is 1. The van der Waals surface area contributed by atoms with Gasteiger partial charge in [0.15, 0.2) is 0 Å². The summed E-state index contributed by atoms with van der Waals surface area (Å²) in [6.45, 7) is 0.343. The number of rotatable bonds is 5. The molecule has 7 heteroatoms. The zero-order chi connectivity index (χ0) is 16.2. The highest BCUT2D eigenvalue weighted by Crippen LogP contribution is 2.16. The van der Waals surface area contributed by atoms with E-state index in [9.17, 15) is 13.2 Å². The van der Waals surface area contributed by atoms with Crippen molar-refractivity contribution in [3.63, 3.8) is 0 Å². The van der Waals surface area contributed by atoms with Crippen molar-refractivity contribution >= 4 is 27.5 Å². The van der Waals surface area contributed by atoms with Crippen molar-refractivity contribution in [1.82, 2.24) is 4.72 Å². The Labute approximate surface area is 133 Å². The molecule has 2 rings (SSSR count). The van der Waals surface area contributed by atoms with E-state index in [1.165, 1.54) is 12.1 Å². The van der Waals surface area contributed by atoms with Crippen molar-refractivity contribution in [1.29, 1.82) is 0 Å². The van der Waals surface area contributed by atoms with Gasteiger partial charge in [-0.25, -0.2) is 13.1 Å². The third kappa shape index (κ3) is 5.05. The van der Waals surface area contributed by atoms with Crippen LogP contribution in [0.1, 0.15) is 15.9 Å². The van der Waals surface area contributed by atoms with Crippen LogP contribution >= 0.6 is 11.6 Å². The first kappa shape index (κ1) is 16.3. The average molecular weight is 340 g/mol. The van der Waals surface area contributed by atoms with Crippen LogP contribution in [0.25, 0.3) is 0 Å². The van der Waals surface area contributed by atoms with Gasteiger partial charge in [-0.2, -0.15) is 0 Å². The van der Waals surface area contributed by atoms with E-state index in [4.69, 9.17) is 16.3 Å². The first-order valence-electron chi connectivity index (χ1n) is 6.33. The highest BCUT2D eigenvalue weighted by molar-refractivity contribution is 7.89. The summed E-state index contributed by atoms with van der Waals surface area (Å²) < 4.78 is 29.5. The van der Waals surface area contributed by atoms with Crippen molar-refractivity contribution in [2.75, 3.05) is 6.26 Å². The molecule has 1 amide bonds. The Morgan fingerprint density at radius 3 is 2.45 bits per heavy atom. The van der Waals surface area contributed by atoms with E-state index >= 15 is 0 Å². The highest BCUT2D eigenvalue weighted by Gasteiger charge is 2.10. The summed E-state index contributed by atoms with van der Waals surface area (Å²) in [5.74, 6) is -0.111. The van der Waals surface area contributed by atoms with Crippen molar-refractivity contribution < 1.29 is 17.9 Å². The molecule has 0 aromatic heterocycles. The van der Waals surface area contributed by atoms with Crippen LogP contribution in [0.5, 0.6) is 5.75 Å². The molecule has 1 N–H and O–H groups in total. The predicted molar refractivity (Wildman–Crippen MR) is 84.5 cm³/mol. The fourth-order valence-corrected chi connectivity index (χ4v) is 2.39. The maximum atomic E-state index is 11.6. The molecule has 0 atom stereocenters. The Morgan fingerprint density at radius 1 is 1.18 bits per heavy atom. The van der Waals surface area contributed by atoms with Crippen LogP contribution in [0.2, 0.25) is 5.02 Å². The van der Waals surface area contributed by atoms with Crippen molar-refractivity contribution in [2.24, 2.45) is 0 Å². The van der Waals surface area contributed by atoms with E-state index in [0.717, 1.165) is 11.8 Å². The Hall–Kier alpha value is -2.05. The van der Waals surface area contributed by atoms with E-state index < -0.39 is 15.9 Å². The number of sulfonamides is 1. The quantitative estimate of drug-likeness (QED) is 0.908. The molecule has 0 aliphatic rings. The van der Waals surface area contributed by atoms with Gasteiger partial charge in [0.05, 0.1) is 6.26 Å². The lowest BCUT2D eigenvalue weighted by molar-refractivity contribution is 0.0981. The normalized spacial score (nSPS) is 11.0. The van der Waals surface area contributed by atoms with Crippen LogP contribution in [-0.4, -0.2) is 20.6 Å². The summed E-state index contributed by atoms with van der Waals surface area (Å²) in [5.41, 5.74) is 1.16. The van der Waals surface area contributed by atoms with Gasteiger partial charge >= 0.3 is 0 Å². The molecule has 0 heterocycles. The second kappa shape index (κ2) is 6.81. The minimum Gasteiger partial charge on any atom is -0.489 e. The number of hydrogen-bond donors (Lipinski definition) is 1. The molecule has 0 aliphatic carbocycles. The number of carbonyl (C=O) groups is 1. The van der Waals surface area contributed by atoms with Crippen LogP contribution in [0.4, 0.5) is 0 Å². The molecule has 0 fully saturated rings. The van der Waals surface area contributed by atoms with Gasteiger partial charge in [0.1, 0.15) is 12.4 Å². The van der Waals surface area contributed by atoms with Crippen LogP contribution in [-0.2, 0) is 16.6 Å². The Morgan fingerprint density at radius 2 is 1.86 bits per heavy atom. The average Bonchev–Trinajstić information content (AvgIpc) is 2.44. The van der Waals surface area contributed by atoms with Gasteiger partial charge in [-0.05, 0) is 42.0 Å². The summed E-state index contributed by atoms with van der Waals surface area (Å²) in [5, 5.41) is 0.633. The first-order chi connectivity index (χ1) is 10.3. The maximum Gasteiger partial charge on any atom is 0.264 e.